The predicted molar refractivity (Wildman–Crippen MR) is 63.8 cm³/mol. The standard InChI is InChI=1S/C11H22N2S/c14-7-6-11(8-12-9-13-11)10-4-2-1-3-5-10/h10,12-14H,1-9H2. The average molecular weight is 214 g/mol. The van der Waals surface area contributed by atoms with E-state index in [9.17, 15) is 0 Å². The highest BCUT2D eigenvalue weighted by Gasteiger charge is 2.40. The first-order chi connectivity index (χ1) is 6.87. The van der Waals surface area contributed by atoms with Gasteiger partial charge in [-0.2, -0.15) is 12.6 Å². The van der Waals surface area contributed by atoms with E-state index < -0.39 is 0 Å². The zero-order valence-electron chi connectivity index (χ0n) is 8.89. The van der Waals surface area contributed by atoms with E-state index in [1.165, 1.54) is 38.5 Å². The number of nitrogens with one attached hydrogen (secondary N) is 2. The minimum absolute atomic E-state index is 0.377. The molecule has 0 bridgehead atoms. The number of hydrogen-bond donors (Lipinski definition) is 3. The van der Waals surface area contributed by atoms with Crippen molar-refractivity contribution >= 4 is 12.6 Å². The van der Waals surface area contributed by atoms with Crippen LogP contribution in [0.3, 0.4) is 0 Å². The second-order valence-corrected chi connectivity index (χ2v) is 5.19. The third kappa shape index (κ3) is 2.10. The molecule has 3 heteroatoms. The Morgan fingerprint density at radius 3 is 2.57 bits per heavy atom. The normalized spacial score (nSPS) is 34.9. The lowest BCUT2D eigenvalue weighted by molar-refractivity contribution is 0.189. The van der Waals surface area contributed by atoms with Gasteiger partial charge in [0, 0.05) is 18.8 Å². The number of thiol groups is 1. The molecule has 82 valence electrons. The summed E-state index contributed by atoms with van der Waals surface area (Å²) in [6.45, 7) is 2.14. The second-order valence-electron chi connectivity index (χ2n) is 4.75. The molecule has 0 aromatic heterocycles. The summed E-state index contributed by atoms with van der Waals surface area (Å²) in [7, 11) is 0. The molecule has 1 aliphatic carbocycles. The van der Waals surface area contributed by atoms with Crippen LogP contribution in [0.2, 0.25) is 0 Å². The molecule has 1 heterocycles. The maximum atomic E-state index is 4.40. The van der Waals surface area contributed by atoms with Crippen molar-refractivity contribution in [2.75, 3.05) is 19.0 Å². The highest BCUT2D eigenvalue weighted by atomic mass is 32.1. The Bertz CT molecular complexity index is 172. The zero-order valence-corrected chi connectivity index (χ0v) is 9.78. The molecule has 14 heavy (non-hydrogen) atoms. The van der Waals surface area contributed by atoms with E-state index in [1.807, 2.05) is 0 Å². The summed E-state index contributed by atoms with van der Waals surface area (Å²) in [5.74, 6) is 1.89. The summed E-state index contributed by atoms with van der Waals surface area (Å²) < 4.78 is 0. The van der Waals surface area contributed by atoms with Gasteiger partial charge in [0.1, 0.15) is 0 Å². The lowest BCUT2D eigenvalue weighted by Crippen LogP contribution is -2.50. The fraction of sp³-hybridized carbons (Fsp3) is 1.00. The average Bonchev–Trinajstić information content (AvgIpc) is 2.70. The third-order valence-corrected chi connectivity index (χ3v) is 4.17. The fourth-order valence-corrected chi connectivity index (χ4v) is 3.51. The van der Waals surface area contributed by atoms with Crippen LogP contribution in [0.5, 0.6) is 0 Å². The molecule has 2 fully saturated rings. The van der Waals surface area contributed by atoms with Gasteiger partial charge in [-0.25, -0.2) is 0 Å². The molecule has 2 nitrogen and oxygen atoms in total. The van der Waals surface area contributed by atoms with Crippen molar-refractivity contribution in [3.8, 4) is 0 Å². The van der Waals surface area contributed by atoms with Gasteiger partial charge in [-0.05, 0) is 30.9 Å². The third-order valence-electron chi connectivity index (χ3n) is 3.95. The topological polar surface area (TPSA) is 24.1 Å². The van der Waals surface area contributed by atoms with E-state index in [4.69, 9.17) is 0 Å². The van der Waals surface area contributed by atoms with Gasteiger partial charge in [-0.1, -0.05) is 19.3 Å². The van der Waals surface area contributed by atoms with Crippen LogP contribution in [0.1, 0.15) is 38.5 Å². The highest BCUT2D eigenvalue weighted by molar-refractivity contribution is 7.80. The van der Waals surface area contributed by atoms with E-state index >= 15 is 0 Å². The number of rotatable bonds is 3. The largest absolute Gasteiger partial charge is 0.303 e. The van der Waals surface area contributed by atoms with Crippen molar-refractivity contribution < 1.29 is 0 Å². The van der Waals surface area contributed by atoms with Crippen LogP contribution in [-0.4, -0.2) is 24.5 Å². The monoisotopic (exact) mass is 214 g/mol. The SMILES string of the molecule is SCCC1(C2CCCCC2)CNCN1. The van der Waals surface area contributed by atoms with Crippen molar-refractivity contribution in [2.24, 2.45) is 5.92 Å². The van der Waals surface area contributed by atoms with Gasteiger partial charge in [-0.15, -0.1) is 0 Å². The molecule has 1 atom stereocenters. The van der Waals surface area contributed by atoms with Crippen LogP contribution in [0.15, 0.2) is 0 Å². The molecule has 2 rings (SSSR count). The number of hydrogen-bond acceptors (Lipinski definition) is 3. The first kappa shape index (κ1) is 10.8. The van der Waals surface area contributed by atoms with Crippen molar-refractivity contribution in [1.29, 1.82) is 0 Å². The molecule has 0 aromatic carbocycles. The van der Waals surface area contributed by atoms with E-state index in [2.05, 4.69) is 23.3 Å². The summed E-state index contributed by atoms with van der Waals surface area (Å²) in [5.41, 5.74) is 0.377. The molecule has 1 unspecified atom stereocenters. The van der Waals surface area contributed by atoms with Crippen molar-refractivity contribution in [3.63, 3.8) is 0 Å². The quantitative estimate of drug-likeness (QED) is 0.624. The summed E-state index contributed by atoms with van der Waals surface area (Å²) in [6, 6.07) is 0. The minimum Gasteiger partial charge on any atom is -0.303 e. The van der Waals surface area contributed by atoms with E-state index in [0.717, 1.165) is 24.9 Å². The van der Waals surface area contributed by atoms with Gasteiger partial charge in [-0.3, -0.25) is 5.32 Å². The van der Waals surface area contributed by atoms with Gasteiger partial charge in [0.2, 0.25) is 0 Å². The molecule has 1 saturated heterocycles. The molecule has 2 aliphatic rings. The Kier molecular flexibility index (Phi) is 3.74. The molecule has 1 aliphatic heterocycles. The summed E-state index contributed by atoms with van der Waals surface area (Å²) >= 11 is 4.40. The van der Waals surface area contributed by atoms with Crippen LogP contribution < -0.4 is 10.6 Å². The van der Waals surface area contributed by atoms with Gasteiger partial charge in [0.05, 0.1) is 0 Å². The predicted octanol–water partition coefficient (Wildman–Crippen LogP) is 1.78. The lowest BCUT2D eigenvalue weighted by atomic mass is 9.73. The summed E-state index contributed by atoms with van der Waals surface area (Å²) in [5, 5.41) is 7.13. The smallest absolute Gasteiger partial charge is 0.0459 e. The lowest BCUT2D eigenvalue weighted by Gasteiger charge is -2.39. The Labute approximate surface area is 92.6 Å². The van der Waals surface area contributed by atoms with Crippen LogP contribution in [0.25, 0.3) is 0 Å². The second kappa shape index (κ2) is 4.86. The molecule has 0 radical (unpaired) electrons. The Balaban J connectivity index is 2.00. The maximum Gasteiger partial charge on any atom is 0.0459 e. The first-order valence-electron chi connectivity index (χ1n) is 5.94. The van der Waals surface area contributed by atoms with Crippen molar-refractivity contribution in [3.05, 3.63) is 0 Å². The van der Waals surface area contributed by atoms with Crippen molar-refractivity contribution in [2.45, 2.75) is 44.1 Å². The van der Waals surface area contributed by atoms with Crippen molar-refractivity contribution in [1.82, 2.24) is 10.6 Å². The molecular weight excluding hydrogens is 192 g/mol. The Hall–Kier alpha value is 0.270. The van der Waals surface area contributed by atoms with Crippen LogP contribution in [0, 0.1) is 5.92 Å². The first-order valence-corrected chi connectivity index (χ1v) is 6.57. The van der Waals surface area contributed by atoms with Gasteiger partial charge >= 0.3 is 0 Å². The summed E-state index contributed by atoms with van der Waals surface area (Å²) in [4.78, 5) is 0. The van der Waals surface area contributed by atoms with E-state index in [1.54, 1.807) is 0 Å². The van der Waals surface area contributed by atoms with E-state index in [-0.39, 0.29) is 0 Å². The summed E-state index contributed by atoms with van der Waals surface area (Å²) in [6.07, 6.45) is 8.36. The zero-order chi connectivity index (χ0) is 9.86. The highest BCUT2D eigenvalue weighted by Crippen LogP contribution is 2.35. The molecular formula is C11H22N2S. The Morgan fingerprint density at radius 2 is 2.00 bits per heavy atom. The molecule has 0 aromatic rings. The van der Waals surface area contributed by atoms with Gasteiger partial charge in [0.25, 0.3) is 0 Å². The molecule has 1 saturated carbocycles. The maximum absolute atomic E-state index is 4.40. The minimum atomic E-state index is 0.377. The molecule has 2 N–H and O–H groups in total. The van der Waals surface area contributed by atoms with Crippen LogP contribution in [-0.2, 0) is 0 Å². The van der Waals surface area contributed by atoms with E-state index in [0.29, 0.717) is 5.54 Å². The van der Waals surface area contributed by atoms with Gasteiger partial charge < -0.3 is 5.32 Å². The van der Waals surface area contributed by atoms with Gasteiger partial charge in [0.15, 0.2) is 0 Å². The molecule has 0 spiro atoms. The van der Waals surface area contributed by atoms with Crippen LogP contribution >= 0.6 is 12.6 Å². The Morgan fingerprint density at radius 1 is 1.21 bits per heavy atom. The molecule has 0 amide bonds. The fourth-order valence-electron chi connectivity index (χ4n) is 3.11. The van der Waals surface area contributed by atoms with Crippen LogP contribution in [0.4, 0.5) is 0 Å².